The molecule has 1 aromatic rings. The summed E-state index contributed by atoms with van der Waals surface area (Å²) in [7, 11) is 0. The first-order chi connectivity index (χ1) is 6.74. The third-order valence-electron chi connectivity index (χ3n) is 1.73. The molecule has 0 aromatic carbocycles. The van der Waals surface area contributed by atoms with E-state index in [1.54, 1.807) is 12.1 Å². The van der Waals surface area contributed by atoms with Gasteiger partial charge in [0.2, 0.25) is 0 Å². The van der Waals surface area contributed by atoms with Gasteiger partial charge in [0.05, 0.1) is 6.61 Å². The lowest BCUT2D eigenvalue weighted by Crippen LogP contribution is -2.04. The SMILES string of the molecule is CCOCCC(=O)c1ccnc(Cl)c1. The van der Waals surface area contributed by atoms with Crippen LogP contribution < -0.4 is 0 Å². The molecule has 0 aliphatic rings. The number of carbonyl (C=O) groups excluding carboxylic acids is 1. The minimum atomic E-state index is 0.0303. The molecule has 1 heterocycles. The number of Topliss-reactive ketones (excluding diaryl/α,β-unsaturated/α-hetero) is 1. The highest BCUT2D eigenvalue weighted by Crippen LogP contribution is 2.09. The van der Waals surface area contributed by atoms with Gasteiger partial charge in [-0.3, -0.25) is 4.79 Å². The number of carbonyl (C=O) groups is 1. The van der Waals surface area contributed by atoms with Crippen LogP contribution in [0, 0.1) is 0 Å². The molecule has 1 rings (SSSR count). The summed E-state index contributed by atoms with van der Waals surface area (Å²) in [4.78, 5) is 15.3. The second kappa shape index (κ2) is 5.73. The van der Waals surface area contributed by atoms with Crippen LogP contribution in [0.5, 0.6) is 0 Å². The van der Waals surface area contributed by atoms with Crippen molar-refractivity contribution in [2.45, 2.75) is 13.3 Å². The van der Waals surface area contributed by atoms with Crippen molar-refractivity contribution in [1.82, 2.24) is 4.98 Å². The van der Waals surface area contributed by atoms with Gasteiger partial charge in [0.1, 0.15) is 5.15 Å². The zero-order valence-corrected chi connectivity index (χ0v) is 8.75. The van der Waals surface area contributed by atoms with Gasteiger partial charge in [0.15, 0.2) is 5.78 Å². The topological polar surface area (TPSA) is 39.2 Å². The highest BCUT2D eigenvalue weighted by molar-refractivity contribution is 6.29. The van der Waals surface area contributed by atoms with Crippen LogP contribution in [0.1, 0.15) is 23.7 Å². The Hall–Kier alpha value is -0.930. The first kappa shape index (κ1) is 11.1. The number of halogens is 1. The van der Waals surface area contributed by atoms with Gasteiger partial charge in [0, 0.05) is 24.8 Å². The molecule has 0 atom stereocenters. The van der Waals surface area contributed by atoms with Crippen LogP contribution in [0.3, 0.4) is 0 Å². The lowest BCUT2D eigenvalue weighted by atomic mass is 10.1. The van der Waals surface area contributed by atoms with Crippen molar-refractivity contribution < 1.29 is 9.53 Å². The van der Waals surface area contributed by atoms with E-state index in [-0.39, 0.29) is 5.78 Å². The molecule has 1 aromatic heterocycles. The Morgan fingerprint density at radius 2 is 2.43 bits per heavy atom. The number of ketones is 1. The monoisotopic (exact) mass is 213 g/mol. The molecule has 0 N–H and O–H groups in total. The number of hydrogen-bond acceptors (Lipinski definition) is 3. The Morgan fingerprint density at radius 1 is 1.64 bits per heavy atom. The van der Waals surface area contributed by atoms with Gasteiger partial charge in [-0.25, -0.2) is 4.98 Å². The Balaban J connectivity index is 2.52. The molecule has 0 unspecified atom stereocenters. The molecule has 0 spiro atoms. The molecule has 0 saturated carbocycles. The van der Waals surface area contributed by atoms with Gasteiger partial charge in [-0.1, -0.05) is 11.6 Å². The predicted molar refractivity (Wildman–Crippen MR) is 54.7 cm³/mol. The summed E-state index contributed by atoms with van der Waals surface area (Å²) in [6, 6.07) is 3.22. The quantitative estimate of drug-likeness (QED) is 0.428. The van der Waals surface area contributed by atoms with Gasteiger partial charge in [0.25, 0.3) is 0 Å². The molecule has 0 fully saturated rings. The van der Waals surface area contributed by atoms with Crippen LogP contribution in [0.15, 0.2) is 18.3 Å². The van der Waals surface area contributed by atoms with Crippen molar-refractivity contribution in [3.05, 3.63) is 29.0 Å². The van der Waals surface area contributed by atoms with Crippen molar-refractivity contribution in [3.8, 4) is 0 Å². The van der Waals surface area contributed by atoms with E-state index < -0.39 is 0 Å². The molecule has 76 valence electrons. The van der Waals surface area contributed by atoms with Gasteiger partial charge in [-0.15, -0.1) is 0 Å². The van der Waals surface area contributed by atoms with Crippen LogP contribution in [-0.4, -0.2) is 24.0 Å². The molecule has 3 nitrogen and oxygen atoms in total. The zero-order valence-electron chi connectivity index (χ0n) is 8.00. The van der Waals surface area contributed by atoms with Crippen LogP contribution in [0.2, 0.25) is 5.15 Å². The fourth-order valence-corrected chi connectivity index (χ4v) is 1.20. The molecule has 0 radical (unpaired) electrons. The molecule has 0 aliphatic carbocycles. The van der Waals surface area contributed by atoms with E-state index >= 15 is 0 Å². The molecule has 4 heteroatoms. The normalized spacial score (nSPS) is 10.1. The summed E-state index contributed by atoms with van der Waals surface area (Å²) in [5.74, 6) is 0.0303. The molecule has 0 amide bonds. The van der Waals surface area contributed by atoms with Crippen LogP contribution in [0.4, 0.5) is 0 Å². The van der Waals surface area contributed by atoms with Crippen LogP contribution >= 0.6 is 11.6 Å². The van der Waals surface area contributed by atoms with Gasteiger partial charge in [-0.05, 0) is 19.1 Å². The highest BCUT2D eigenvalue weighted by Gasteiger charge is 2.05. The zero-order chi connectivity index (χ0) is 10.4. The van der Waals surface area contributed by atoms with Crippen molar-refractivity contribution in [3.63, 3.8) is 0 Å². The second-order valence-electron chi connectivity index (χ2n) is 2.74. The highest BCUT2D eigenvalue weighted by atomic mass is 35.5. The van der Waals surface area contributed by atoms with Crippen molar-refractivity contribution >= 4 is 17.4 Å². The maximum atomic E-state index is 11.5. The summed E-state index contributed by atoms with van der Waals surface area (Å²) in [5, 5.41) is 0.340. The number of pyridine rings is 1. The van der Waals surface area contributed by atoms with E-state index in [9.17, 15) is 4.79 Å². The summed E-state index contributed by atoms with van der Waals surface area (Å²) in [5.41, 5.74) is 0.588. The van der Waals surface area contributed by atoms with E-state index in [4.69, 9.17) is 16.3 Å². The summed E-state index contributed by atoms with van der Waals surface area (Å²) in [6.45, 7) is 2.98. The molecule has 0 aliphatic heterocycles. The molecule has 0 saturated heterocycles. The third-order valence-corrected chi connectivity index (χ3v) is 1.93. The summed E-state index contributed by atoms with van der Waals surface area (Å²) in [6.07, 6.45) is 1.91. The van der Waals surface area contributed by atoms with E-state index in [1.165, 1.54) is 6.20 Å². The number of nitrogens with zero attached hydrogens (tertiary/aromatic N) is 1. The smallest absolute Gasteiger partial charge is 0.165 e. The van der Waals surface area contributed by atoms with E-state index in [1.807, 2.05) is 6.92 Å². The first-order valence-electron chi connectivity index (χ1n) is 4.46. The number of aromatic nitrogens is 1. The fourth-order valence-electron chi connectivity index (χ4n) is 1.03. The van der Waals surface area contributed by atoms with Crippen molar-refractivity contribution in [1.29, 1.82) is 0 Å². The Labute approximate surface area is 88.1 Å². The minimum absolute atomic E-state index is 0.0303. The van der Waals surface area contributed by atoms with Gasteiger partial charge < -0.3 is 4.74 Å². The predicted octanol–water partition coefficient (Wildman–Crippen LogP) is 2.34. The molecular formula is C10H12ClNO2. The standard InChI is InChI=1S/C10H12ClNO2/c1-2-14-6-4-9(13)8-3-5-12-10(11)7-8/h3,5,7H,2,4,6H2,1H3. The van der Waals surface area contributed by atoms with E-state index in [2.05, 4.69) is 4.98 Å². The Kier molecular flexibility index (Phi) is 4.56. The van der Waals surface area contributed by atoms with E-state index in [0.717, 1.165) is 0 Å². The minimum Gasteiger partial charge on any atom is -0.381 e. The lowest BCUT2D eigenvalue weighted by molar-refractivity contribution is 0.0895. The number of ether oxygens (including phenoxy) is 1. The maximum Gasteiger partial charge on any atom is 0.165 e. The summed E-state index contributed by atoms with van der Waals surface area (Å²) < 4.78 is 5.09. The average Bonchev–Trinajstić information content (AvgIpc) is 2.18. The lowest BCUT2D eigenvalue weighted by Gasteiger charge is -2.01. The van der Waals surface area contributed by atoms with Crippen LogP contribution in [0.25, 0.3) is 0 Å². The average molecular weight is 214 g/mol. The molecule has 0 bridgehead atoms. The maximum absolute atomic E-state index is 11.5. The largest absolute Gasteiger partial charge is 0.381 e. The fraction of sp³-hybridized carbons (Fsp3) is 0.400. The number of rotatable bonds is 5. The van der Waals surface area contributed by atoms with Crippen LogP contribution in [-0.2, 0) is 4.74 Å². The van der Waals surface area contributed by atoms with Gasteiger partial charge >= 0.3 is 0 Å². The number of hydrogen-bond donors (Lipinski definition) is 0. The first-order valence-corrected chi connectivity index (χ1v) is 4.84. The third kappa shape index (κ3) is 3.44. The molecular weight excluding hydrogens is 202 g/mol. The summed E-state index contributed by atoms with van der Waals surface area (Å²) >= 11 is 5.66. The van der Waals surface area contributed by atoms with Gasteiger partial charge in [-0.2, -0.15) is 0 Å². The van der Waals surface area contributed by atoms with Crippen molar-refractivity contribution in [2.75, 3.05) is 13.2 Å². The molecule has 14 heavy (non-hydrogen) atoms. The Morgan fingerprint density at radius 3 is 3.07 bits per heavy atom. The Bertz CT molecular complexity index is 315. The van der Waals surface area contributed by atoms with Crippen molar-refractivity contribution in [2.24, 2.45) is 0 Å². The van der Waals surface area contributed by atoms with E-state index in [0.29, 0.717) is 30.4 Å². The second-order valence-corrected chi connectivity index (χ2v) is 3.12.